The summed E-state index contributed by atoms with van der Waals surface area (Å²) in [6.45, 7) is 0. The molecule has 1 N–H and O–H groups in total. The Morgan fingerprint density at radius 1 is 1.33 bits per heavy atom. The third-order valence-corrected chi connectivity index (χ3v) is 4.19. The van der Waals surface area contributed by atoms with E-state index in [9.17, 15) is 15.4 Å². The minimum absolute atomic E-state index is 0.0782. The van der Waals surface area contributed by atoms with Gasteiger partial charge < -0.3 is 5.32 Å². The van der Waals surface area contributed by atoms with Crippen LogP contribution in [0.5, 0.6) is 0 Å². The Morgan fingerprint density at radius 3 is 2.76 bits per heavy atom. The Hall–Kier alpha value is -2.61. The maximum atomic E-state index is 10.7. The average molecular weight is 281 g/mol. The number of hydrogen-bond acceptors (Lipinski definition) is 4. The zero-order chi connectivity index (χ0) is 14.8. The molecule has 0 saturated carbocycles. The van der Waals surface area contributed by atoms with Crippen LogP contribution in [0.1, 0.15) is 30.9 Å². The van der Waals surface area contributed by atoms with Crippen molar-refractivity contribution in [3.8, 4) is 6.07 Å². The van der Waals surface area contributed by atoms with Gasteiger partial charge in [0.2, 0.25) is 0 Å². The Morgan fingerprint density at radius 2 is 2.10 bits per heavy atom. The van der Waals surface area contributed by atoms with E-state index in [1.165, 1.54) is 12.1 Å². The number of fused-ring (bicyclic) bond motifs is 1. The number of nitrogens with one attached hydrogen (secondary N) is 1. The van der Waals surface area contributed by atoms with E-state index >= 15 is 0 Å². The van der Waals surface area contributed by atoms with Crippen molar-refractivity contribution in [3.63, 3.8) is 0 Å². The molecule has 21 heavy (non-hydrogen) atoms. The van der Waals surface area contributed by atoms with E-state index in [4.69, 9.17) is 0 Å². The van der Waals surface area contributed by atoms with Crippen LogP contribution in [-0.2, 0) is 0 Å². The SMILES string of the molecule is N#CC1=CNC(c2ccc([N+](=O)[O-])cc2)C2CCCC=C12. The van der Waals surface area contributed by atoms with Gasteiger partial charge in [0.15, 0.2) is 0 Å². The highest BCUT2D eigenvalue weighted by Gasteiger charge is 2.32. The lowest BCUT2D eigenvalue weighted by molar-refractivity contribution is -0.384. The summed E-state index contributed by atoms with van der Waals surface area (Å²) < 4.78 is 0. The maximum Gasteiger partial charge on any atom is 0.269 e. The van der Waals surface area contributed by atoms with E-state index in [-0.39, 0.29) is 17.6 Å². The number of nitrogens with zero attached hydrogens (tertiary/aromatic N) is 2. The molecule has 1 aromatic rings. The fourth-order valence-electron chi connectivity index (χ4n) is 3.16. The molecule has 3 rings (SSSR count). The molecule has 1 aromatic carbocycles. The van der Waals surface area contributed by atoms with Gasteiger partial charge in [-0.3, -0.25) is 10.1 Å². The molecule has 2 unspecified atom stereocenters. The van der Waals surface area contributed by atoms with Gasteiger partial charge in [0.1, 0.15) is 6.07 Å². The van der Waals surface area contributed by atoms with Crippen LogP contribution >= 0.6 is 0 Å². The summed E-state index contributed by atoms with van der Waals surface area (Å²) in [4.78, 5) is 10.3. The second-order valence-electron chi connectivity index (χ2n) is 5.36. The summed E-state index contributed by atoms with van der Waals surface area (Å²) in [5, 5.41) is 23.2. The van der Waals surface area contributed by atoms with Gasteiger partial charge in [-0.05, 0) is 30.4 Å². The molecule has 0 spiro atoms. The Balaban J connectivity index is 1.94. The molecule has 5 heteroatoms. The molecule has 106 valence electrons. The van der Waals surface area contributed by atoms with Gasteiger partial charge in [0, 0.05) is 24.3 Å². The lowest BCUT2D eigenvalue weighted by Gasteiger charge is -2.35. The van der Waals surface area contributed by atoms with Gasteiger partial charge in [-0.2, -0.15) is 5.26 Å². The van der Waals surface area contributed by atoms with E-state index in [0.717, 1.165) is 30.4 Å². The summed E-state index contributed by atoms with van der Waals surface area (Å²) in [6.07, 6.45) is 7.07. The second-order valence-corrected chi connectivity index (χ2v) is 5.36. The van der Waals surface area contributed by atoms with E-state index in [1.54, 1.807) is 18.3 Å². The van der Waals surface area contributed by atoms with Gasteiger partial charge in [-0.15, -0.1) is 0 Å². The predicted octanol–water partition coefficient (Wildman–Crippen LogP) is 3.37. The number of nitro groups is 1. The molecule has 1 aliphatic carbocycles. The zero-order valence-corrected chi connectivity index (χ0v) is 11.5. The van der Waals surface area contributed by atoms with Crippen LogP contribution in [0.15, 0.2) is 47.7 Å². The Labute approximate surface area is 122 Å². The highest BCUT2D eigenvalue weighted by molar-refractivity contribution is 5.48. The molecule has 0 radical (unpaired) electrons. The zero-order valence-electron chi connectivity index (χ0n) is 11.5. The van der Waals surface area contributed by atoms with Gasteiger partial charge in [-0.1, -0.05) is 18.2 Å². The summed E-state index contributed by atoms with van der Waals surface area (Å²) in [7, 11) is 0. The first-order valence-corrected chi connectivity index (χ1v) is 7.02. The number of nitriles is 1. The van der Waals surface area contributed by atoms with Crippen LogP contribution in [-0.4, -0.2) is 4.92 Å². The van der Waals surface area contributed by atoms with Crippen LogP contribution in [0.2, 0.25) is 0 Å². The molecule has 2 atom stereocenters. The fourth-order valence-corrected chi connectivity index (χ4v) is 3.16. The average Bonchev–Trinajstić information content (AvgIpc) is 2.54. The molecular weight excluding hydrogens is 266 g/mol. The van der Waals surface area contributed by atoms with Crippen molar-refractivity contribution in [3.05, 3.63) is 63.4 Å². The maximum absolute atomic E-state index is 10.7. The van der Waals surface area contributed by atoms with Crippen molar-refractivity contribution < 1.29 is 4.92 Å². The number of rotatable bonds is 2. The molecule has 0 amide bonds. The largest absolute Gasteiger partial charge is 0.382 e. The fraction of sp³-hybridized carbons (Fsp3) is 0.312. The minimum atomic E-state index is -0.391. The van der Waals surface area contributed by atoms with E-state index < -0.39 is 4.92 Å². The molecule has 0 saturated heterocycles. The van der Waals surface area contributed by atoms with Crippen LogP contribution in [0.4, 0.5) is 5.69 Å². The molecular formula is C16H15N3O2. The van der Waals surface area contributed by atoms with Gasteiger partial charge in [0.05, 0.1) is 16.5 Å². The van der Waals surface area contributed by atoms with Gasteiger partial charge >= 0.3 is 0 Å². The molecule has 0 bridgehead atoms. The number of non-ortho nitro benzene ring substituents is 1. The molecule has 0 aromatic heterocycles. The first-order chi connectivity index (χ1) is 10.2. The van der Waals surface area contributed by atoms with E-state index in [1.807, 2.05) is 0 Å². The van der Waals surface area contributed by atoms with Crippen molar-refractivity contribution in [1.29, 1.82) is 5.26 Å². The van der Waals surface area contributed by atoms with Crippen LogP contribution < -0.4 is 5.32 Å². The number of hydrogen-bond donors (Lipinski definition) is 1. The van der Waals surface area contributed by atoms with Crippen LogP contribution in [0.25, 0.3) is 0 Å². The third-order valence-electron chi connectivity index (χ3n) is 4.19. The number of allylic oxidation sites excluding steroid dienone is 2. The molecule has 1 aliphatic heterocycles. The lowest BCUT2D eigenvalue weighted by Crippen LogP contribution is -2.32. The second kappa shape index (κ2) is 5.41. The highest BCUT2D eigenvalue weighted by Crippen LogP contribution is 2.41. The van der Waals surface area contributed by atoms with Crippen molar-refractivity contribution in [2.45, 2.75) is 25.3 Å². The predicted molar refractivity (Wildman–Crippen MR) is 78.1 cm³/mol. The van der Waals surface area contributed by atoms with Crippen molar-refractivity contribution >= 4 is 5.69 Å². The Bertz CT molecular complexity index is 668. The highest BCUT2D eigenvalue weighted by atomic mass is 16.6. The van der Waals surface area contributed by atoms with Crippen LogP contribution in [0.3, 0.4) is 0 Å². The third kappa shape index (κ3) is 2.40. The summed E-state index contributed by atoms with van der Waals surface area (Å²) in [6, 6.07) is 8.99. The minimum Gasteiger partial charge on any atom is -0.382 e. The van der Waals surface area contributed by atoms with E-state index in [2.05, 4.69) is 17.5 Å². The normalized spacial score (nSPS) is 24.0. The summed E-state index contributed by atoms with van der Waals surface area (Å²) >= 11 is 0. The Kier molecular flexibility index (Phi) is 3.44. The monoisotopic (exact) mass is 281 g/mol. The van der Waals surface area contributed by atoms with Gasteiger partial charge in [-0.25, -0.2) is 0 Å². The van der Waals surface area contributed by atoms with E-state index in [0.29, 0.717) is 5.57 Å². The first kappa shape index (κ1) is 13.4. The van der Waals surface area contributed by atoms with Crippen molar-refractivity contribution in [2.24, 2.45) is 5.92 Å². The standard InChI is InChI=1S/C16H15N3O2/c17-9-12-10-18-16(15-4-2-1-3-14(12)15)11-5-7-13(8-6-11)19(20)21/h3,5-8,10,15-16,18H,1-2,4H2. The first-order valence-electron chi connectivity index (χ1n) is 7.02. The topological polar surface area (TPSA) is 79.0 Å². The van der Waals surface area contributed by atoms with Gasteiger partial charge in [0.25, 0.3) is 5.69 Å². The van der Waals surface area contributed by atoms with Crippen molar-refractivity contribution in [1.82, 2.24) is 5.32 Å². The number of nitro benzene ring substituents is 1. The quantitative estimate of drug-likeness (QED) is 0.665. The molecule has 1 heterocycles. The molecule has 2 aliphatic rings. The summed E-state index contributed by atoms with van der Waals surface area (Å²) in [5.74, 6) is 0.264. The smallest absolute Gasteiger partial charge is 0.269 e. The number of benzene rings is 1. The summed E-state index contributed by atoms with van der Waals surface area (Å²) in [5.41, 5.74) is 2.94. The molecule has 0 fully saturated rings. The van der Waals surface area contributed by atoms with Crippen molar-refractivity contribution in [2.75, 3.05) is 0 Å². The van der Waals surface area contributed by atoms with Crippen LogP contribution in [0, 0.1) is 27.4 Å². The lowest BCUT2D eigenvalue weighted by atomic mass is 9.75. The molecule has 5 nitrogen and oxygen atoms in total.